The lowest BCUT2D eigenvalue weighted by Crippen LogP contribution is -2.57. The van der Waals surface area contributed by atoms with Gasteiger partial charge in [0.05, 0.1) is 6.54 Å². The maximum absolute atomic E-state index is 14.0. The maximum Gasteiger partial charge on any atom is 0.254 e. The second-order valence-corrected chi connectivity index (χ2v) is 12.1. The molecule has 0 aliphatic carbocycles. The van der Waals surface area contributed by atoms with Gasteiger partial charge >= 0.3 is 0 Å². The van der Waals surface area contributed by atoms with E-state index in [0.29, 0.717) is 6.54 Å². The quantitative estimate of drug-likeness (QED) is 0.242. The molecule has 13 heteroatoms. The number of hydrogen-bond donors (Lipinski definition) is 4. The number of rotatable bonds is 6. The van der Waals surface area contributed by atoms with Crippen molar-refractivity contribution in [1.82, 2.24) is 35.3 Å². The molecule has 5 amide bonds. The maximum atomic E-state index is 14.0. The summed E-state index contributed by atoms with van der Waals surface area (Å²) in [4.78, 5) is 86.6. The van der Waals surface area contributed by atoms with Gasteiger partial charge < -0.3 is 35.3 Å². The molecule has 4 aromatic rings. The van der Waals surface area contributed by atoms with Gasteiger partial charge in [-0.05, 0) is 37.1 Å². The van der Waals surface area contributed by atoms with Crippen molar-refractivity contribution in [3.63, 3.8) is 0 Å². The molecule has 0 radical (unpaired) electrons. The van der Waals surface area contributed by atoms with Gasteiger partial charge in [-0.1, -0.05) is 48.5 Å². The van der Waals surface area contributed by atoms with E-state index in [1.54, 1.807) is 20.0 Å². The molecule has 4 N–H and O–H groups in total. The zero-order chi connectivity index (χ0) is 35.1. The summed E-state index contributed by atoms with van der Waals surface area (Å²) in [5.41, 5.74) is 2.16. The first-order valence-corrected chi connectivity index (χ1v) is 16.3. The van der Waals surface area contributed by atoms with Gasteiger partial charge in [0.2, 0.25) is 23.6 Å². The number of para-hydroxylation sites is 1. The van der Waals surface area contributed by atoms with Crippen molar-refractivity contribution in [2.75, 3.05) is 26.7 Å². The summed E-state index contributed by atoms with van der Waals surface area (Å²) in [7, 11) is 1.47. The third-order valence-corrected chi connectivity index (χ3v) is 8.84. The number of aromatic amines is 1. The standard InChI is InChI=1S/C36H41N7O6/c1-4-42-16-14-25(20-32(42)45)35(48)43-17-15-37-34(47)29(18-24-10-6-5-7-11-24)40-33(46)23(2)41(3)36(49)30(39-31(44)22-43)19-26-21-38-28-13-9-8-12-27(26)28/h5-14,16,20-21,23,29-30,38H,4,15,17-19,22H2,1-3H3,(H,37,47)(H,39,44)(H,40,46)/t23-,29-,30-/m0/s1. The van der Waals surface area contributed by atoms with Crippen LogP contribution >= 0.6 is 0 Å². The van der Waals surface area contributed by atoms with Crippen molar-refractivity contribution >= 4 is 40.4 Å². The molecule has 1 aliphatic heterocycles. The second-order valence-electron chi connectivity index (χ2n) is 12.1. The molecule has 1 saturated heterocycles. The van der Waals surface area contributed by atoms with E-state index in [1.807, 2.05) is 54.6 Å². The monoisotopic (exact) mass is 667 g/mol. The first-order valence-electron chi connectivity index (χ1n) is 16.3. The Morgan fingerprint density at radius 3 is 2.35 bits per heavy atom. The number of pyridine rings is 1. The van der Waals surface area contributed by atoms with Crippen LogP contribution in [0.4, 0.5) is 0 Å². The minimum Gasteiger partial charge on any atom is -0.361 e. The number of aromatic nitrogens is 2. The van der Waals surface area contributed by atoms with Crippen molar-refractivity contribution in [2.45, 2.75) is 51.4 Å². The molecule has 5 rings (SSSR count). The number of H-pyrrole nitrogens is 1. The number of carbonyl (C=O) groups is 5. The number of likely N-dealkylation sites (N-methyl/N-ethyl adjacent to an activating group) is 1. The van der Waals surface area contributed by atoms with Gasteiger partial charge in [0, 0.05) is 74.5 Å². The predicted octanol–water partition coefficient (Wildman–Crippen LogP) is 1.22. The lowest BCUT2D eigenvalue weighted by atomic mass is 10.0. The summed E-state index contributed by atoms with van der Waals surface area (Å²) >= 11 is 0. The minimum absolute atomic E-state index is 0.0435. The summed E-state index contributed by atoms with van der Waals surface area (Å²) in [5, 5.41) is 9.26. The van der Waals surface area contributed by atoms with Crippen molar-refractivity contribution < 1.29 is 24.0 Å². The predicted molar refractivity (Wildman–Crippen MR) is 184 cm³/mol. The zero-order valence-corrected chi connectivity index (χ0v) is 27.8. The van der Waals surface area contributed by atoms with Gasteiger partial charge in [0.15, 0.2) is 0 Å². The summed E-state index contributed by atoms with van der Waals surface area (Å²) in [5.74, 6) is -2.78. The number of amides is 5. The third-order valence-electron chi connectivity index (χ3n) is 8.84. The van der Waals surface area contributed by atoms with Gasteiger partial charge in [0.25, 0.3) is 11.5 Å². The number of carbonyl (C=O) groups excluding carboxylic acids is 5. The van der Waals surface area contributed by atoms with E-state index in [-0.39, 0.29) is 37.1 Å². The SMILES string of the molecule is CCn1ccc(C(=O)N2CCNC(=O)[C@H](Cc3ccccc3)NC(=O)[C@H](C)N(C)C(=O)[C@H](Cc3c[nH]c4ccccc34)NC(=O)C2)cc1=O. The summed E-state index contributed by atoms with van der Waals surface area (Å²) in [6.45, 7) is 3.20. The Morgan fingerprint density at radius 1 is 0.878 bits per heavy atom. The minimum atomic E-state index is -1.10. The number of aryl methyl sites for hydroxylation is 1. The fourth-order valence-electron chi connectivity index (χ4n) is 5.87. The number of hydrogen-bond acceptors (Lipinski definition) is 6. The number of fused-ring (bicyclic) bond motifs is 1. The fraction of sp³-hybridized carbons (Fsp3) is 0.333. The zero-order valence-electron chi connectivity index (χ0n) is 27.8. The normalized spacial score (nSPS) is 19.9. The Labute approximate surface area is 283 Å². The molecule has 2 aromatic heterocycles. The Balaban J connectivity index is 1.48. The molecule has 3 atom stereocenters. The van der Waals surface area contributed by atoms with E-state index in [4.69, 9.17) is 0 Å². The number of nitrogens with one attached hydrogen (secondary N) is 4. The number of benzene rings is 2. The van der Waals surface area contributed by atoms with E-state index in [2.05, 4.69) is 20.9 Å². The van der Waals surface area contributed by atoms with Crippen LogP contribution in [-0.2, 0) is 38.6 Å². The Morgan fingerprint density at radius 2 is 1.61 bits per heavy atom. The smallest absolute Gasteiger partial charge is 0.254 e. The van der Waals surface area contributed by atoms with Crippen molar-refractivity contribution in [3.05, 3.63) is 106 Å². The molecular formula is C36H41N7O6. The van der Waals surface area contributed by atoms with Crippen LogP contribution in [-0.4, -0.2) is 93.7 Å². The molecule has 49 heavy (non-hydrogen) atoms. The summed E-state index contributed by atoms with van der Waals surface area (Å²) in [6, 6.07) is 16.4. The molecular weight excluding hydrogens is 626 g/mol. The average Bonchev–Trinajstić information content (AvgIpc) is 3.51. The largest absolute Gasteiger partial charge is 0.361 e. The van der Waals surface area contributed by atoms with Gasteiger partial charge in [-0.3, -0.25) is 28.8 Å². The van der Waals surface area contributed by atoms with Gasteiger partial charge in [0.1, 0.15) is 18.1 Å². The van der Waals surface area contributed by atoms with E-state index < -0.39 is 54.2 Å². The molecule has 13 nitrogen and oxygen atoms in total. The molecule has 0 bridgehead atoms. The van der Waals surface area contributed by atoms with E-state index in [0.717, 1.165) is 22.0 Å². The van der Waals surface area contributed by atoms with E-state index in [9.17, 15) is 28.8 Å². The Hall–Kier alpha value is -5.72. The van der Waals surface area contributed by atoms with Gasteiger partial charge in [-0.15, -0.1) is 0 Å². The molecule has 0 unspecified atom stereocenters. The van der Waals surface area contributed by atoms with Crippen LogP contribution in [0.25, 0.3) is 10.9 Å². The van der Waals surface area contributed by atoms with Gasteiger partial charge in [-0.2, -0.15) is 0 Å². The molecule has 3 heterocycles. The molecule has 1 aliphatic rings. The summed E-state index contributed by atoms with van der Waals surface area (Å²) in [6.07, 6.45) is 3.57. The summed E-state index contributed by atoms with van der Waals surface area (Å²) < 4.78 is 1.44. The van der Waals surface area contributed by atoms with Crippen LogP contribution in [0.2, 0.25) is 0 Å². The van der Waals surface area contributed by atoms with Crippen LogP contribution in [0.15, 0.2) is 83.9 Å². The fourth-order valence-corrected chi connectivity index (χ4v) is 5.87. The van der Waals surface area contributed by atoms with Crippen molar-refractivity contribution in [1.29, 1.82) is 0 Å². The molecule has 0 spiro atoms. The first-order chi connectivity index (χ1) is 23.5. The van der Waals surface area contributed by atoms with E-state index in [1.165, 1.54) is 39.7 Å². The topological polar surface area (TPSA) is 166 Å². The van der Waals surface area contributed by atoms with Gasteiger partial charge in [-0.25, -0.2) is 0 Å². The third kappa shape index (κ3) is 8.23. The Kier molecular flexibility index (Phi) is 10.9. The highest BCUT2D eigenvalue weighted by molar-refractivity contribution is 5.98. The van der Waals surface area contributed by atoms with Crippen LogP contribution < -0.4 is 21.5 Å². The highest BCUT2D eigenvalue weighted by atomic mass is 16.2. The lowest BCUT2D eigenvalue weighted by molar-refractivity contribution is -0.142. The van der Waals surface area contributed by atoms with Crippen molar-refractivity contribution in [2.24, 2.45) is 0 Å². The molecule has 2 aromatic carbocycles. The van der Waals surface area contributed by atoms with E-state index >= 15 is 0 Å². The van der Waals surface area contributed by atoms with Crippen LogP contribution in [0.5, 0.6) is 0 Å². The molecule has 0 saturated carbocycles. The Bertz CT molecular complexity index is 1900. The number of nitrogens with zero attached hydrogens (tertiary/aromatic N) is 3. The molecule has 256 valence electrons. The average molecular weight is 668 g/mol. The van der Waals surface area contributed by atoms with Crippen LogP contribution in [0, 0.1) is 0 Å². The second kappa shape index (κ2) is 15.5. The highest BCUT2D eigenvalue weighted by Crippen LogP contribution is 2.20. The van der Waals surface area contributed by atoms with Crippen molar-refractivity contribution in [3.8, 4) is 0 Å². The lowest BCUT2D eigenvalue weighted by Gasteiger charge is -2.30. The highest BCUT2D eigenvalue weighted by Gasteiger charge is 2.33. The first kappa shape index (κ1) is 34.6. The van der Waals surface area contributed by atoms with Crippen LogP contribution in [0.3, 0.4) is 0 Å². The van der Waals surface area contributed by atoms with Crippen LogP contribution in [0.1, 0.15) is 35.3 Å². The molecule has 1 fully saturated rings.